The monoisotopic (exact) mass is 253 g/mol. The van der Waals surface area contributed by atoms with Crippen molar-refractivity contribution >= 4 is 28.9 Å². The number of halogens is 1. The van der Waals surface area contributed by atoms with Crippen molar-refractivity contribution < 1.29 is 4.92 Å². The van der Waals surface area contributed by atoms with Gasteiger partial charge in [0.2, 0.25) is 5.82 Å². The first-order valence-electron chi connectivity index (χ1n) is 4.63. The van der Waals surface area contributed by atoms with Crippen molar-refractivity contribution in [3.63, 3.8) is 0 Å². The minimum absolute atomic E-state index is 0.109. The molecule has 2 aromatic rings. The second kappa shape index (κ2) is 4.38. The molecule has 88 valence electrons. The summed E-state index contributed by atoms with van der Waals surface area (Å²) in [7, 11) is 1.74. The summed E-state index contributed by atoms with van der Waals surface area (Å²) in [5.74, 6) is 0.587. The van der Waals surface area contributed by atoms with E-state index in [9.17, 15) is 10.1 Å². The van der Waals surface area contributed by atoms with E-state index in [1.54, 1.807) is 24.0 Å². The molecule has 0 aliphatic rings. The van der Waals surface area contributed by atoms with Crippen molar-refractivity contribution in [2.24, 2.45) is 7.05 Å². The van der Waals surface area contributed by atoms with Crippen LogP contribution >= 0.6 is 11.6 Å². The maximum Gasteiger partial charge on any atom is 0.313 e. The predicted octanol–water partition coefficient (Wildman–Crippen LogP) is 2.12. The van der Waals surface area contributed by atoms with Crippen molar-refractivity contribution in [2.75, 3.05) is 5.32 Å². The molecule has 0 spiro atoms. The van der Waals surface area contributed by atoms with Gasteiger partial charge in [0, 0.05) is 31.6 Å². The summed E-state index contributed by atoms with van der Waals surface area (Å²) in [6, 6.07) is 2.92. The third-order valence-electron chi connectivity index (χ3n) is 1.99. The van der Waals surface area contributed by atoms with Crippen LogP contribution in [0.15, 0.2) is 24.5 Å². The van der Waals surface area contributed by atoms with Crippen molar-refractivity contribution in [1.82, 2.24) is 14.8 Å². The van der Waals surface area contributed by atoms with Gasteiger partial charge in [-0.05, 0) is 0 Å². The Hall–Kier alpha value is -2.15. The topological polar surface area (TPSA) is 85.9 Å². The zero-order valence-corrected chi connectivity index (χ0v) is 9.55. The lowest BCUT2D eigenvalue weighted by Gasteiger charge is -2.02. The highest BCUT2D eigenvalue weighted by atomic mass is 35.5. The highest BCUT2D eigenvalue weighted by molar-refractivity contribution is 6.30. The van der Waals surface area contributed by atoms with Gasteiger partial charge in [0.15, 0.2) is 5.82 Å². The number of nitrogens with zero attached hydrogens (tertiary/aromatic N) is 4. The molecule has 0 saturated heterocycles. The van der Waals surface area contributed by atoms with E-state index < -0.39 is 4.92 Å². The van der Waals surface area contributed by atoms with E-state index >= 15 is 0 Å². The summed E-state index contributed by atoms with van der Waals surface area (Å²) in [5.41, 5.74) is -0.192. The minimum Gasteiger partial charge on any atom is -0.318 e. The number of hydrogen-bond donors (Lipinski definition) is 1. The molecule has 2 rings (SSSR count). The largest absolute Gasteiger partial charge is 0.318 e. The molecule has 0 fully saturated rings. The number of nitrogens with one attached hydrogen (secondary N) is 1. The Morgan fingerprint density at radius 1 is 1.59 bits per heavy atom. The molecule has 8 heteroatoms. The van der Waals surface area contributed by atoms with E-state index in [2.05, 4.69) is 15.4 Å². The first-order valence-corrected chi connectivity index (χ1v) is 5.00. The molecule has 0 aliphatic carbocycles. The van der Waals surface area contributed by atoms with Crippen molar-refractivity contribution in [1.29, 1.82) is 0 Å². The van der Waals surface area contributed by atoms with Crippen LogP contribution in [0, 0.1) is 10.1 Å². The SMILES string of the molecule is Cn1ccc(Nc2ncc(Cl)cc2[N+](=O)[O-])n1. The fourth-order valence-electron chi connectivity index (χ4n) is 1.27. The molecule has 0 unspecified atom stereocenters. The zero-order valence-electron chi connectivity index (χ0n) is 8.79. The fourth-order valence-corrected chi connectivity index (χ4v) is 1.42. The van der Waals surface area contributed by atoms with E-state index in [0.717, 1.165) is 0 Å². The number of rotatable bonds is 3. The summed E-state index contributed by atoms with van der Waals surface area (Å²) >= 11 is 5.65. The van der Waals surface area contributed by atoms with E-state index in [0.29, 0.717) is 5.82 Å². The first-order chi connectivity index (χ1) is 8.06. The summed E-state index contributed by atoms with van der Waals surface area (Å²) in [5, 5.41) is 17.8. The molecule has 0 saturated carbocycles. The van der Waals surface area contributed by atoms with Crippen molar-refractivity contribution in [3.8, 4) is 0 Å². The lowest BCUT2D eigenvalue weighted by atomic mass is 10.4. The standard InChI is InChI=1S/C9H8ClN5O2/c1-14-3-2-8(13-14)12-9-7(15(16)17)4-6(10)5-11-9/h2-5H,1H3,(H,11,12,13). The molecule has 0 atom stereocenters. The van der Waals surface area contributed by atoms with Gasteiger partial charge in [-0.15, -0.1) is 0 Å². The predicted molar refractivity (Wildman–Crippen MR) is 62.4 cm³/mol. The van der Waals surface area contributed by atoms with Gasteiger partial charge in [0.05, 0.1) is 9.95 Å². The molecular weight excluding hydrogens is 246 g/mol. The van der Waals surface area contributed by atoms with Gasteiger partial charge in [-0.25, -0.2) is 4.98 Å². The molecule has 2 heterocycles. The smallest absolute Gasteiger partial charge is 0.313 e. The molecule has 0 bridgehead atoms. The van der Waals surface area contributed by atoms with Crippen LogP contribution in [0.3, 0.4) is 0 Å². The molecule has 0 amide bonds. The molecule has 2 aromatic heterocycles. The highest BCUT2D eigenvalue weighted by Gasteiger charge is 2.16. The van der Waals surface area contributed by atoms with E-state index in [1.165, 1.54) is 12.3 Å². The van der Waals surface area contributed by atoms with E-state index in [-0.39, 0.29) is 16.5 Å². The Bertz CT molecular complexity index is 568. The second-order valence-electron chi connectivity index (χ2n) is 3.28. The Labute approximate surface area is 101 Å². The maximum atomic E-state index is 10.8. The number of aromatic nitrogens is 3. The third kappa shape index (κ3) is 2.51. The third-order valence-corrected chi connectivity index (χ3v) is 2.20. The molecule has 0 radical (unpaired) electrons. The Kier molecular flexibility index (Phi) is 2.92. The van der Waals surface area contributed by atoms with Crippen molar-refractivity contribution in [2.45, 2.75) is 0 Å². The maximum absolute atomic E-state index is 10.8. The van der Waals surface area contributed by atoms with Crippen LogP contribution in [0.25, 0.3) is 0 Å². The van der Waals surface area contributed by atoms with Gasteiger partial charge in [0.25, 0.3) is 0 Å². The summed E-state index contributed by atoms with van der Waals surface area (Å²) in [4.78, 5) is 14.1. The molecule has 17 heavy (non-hydrogen) atoms. The van der Waals surface area contributed by atoms with Crippen LogP contribution in [0.5, 0.6) is 0 Å². The lowest BCUT2D eigenvalue weighted by Crippen LogP contribution is -2.00. The molecule has 7 nitrogen and oxygen atoms in total. The van der Waals surface area contributed by atoms with Gasteiger partial charge >= 0.3 is 5.69 Å². The van der Waals surface area contributed by atoms with Crippen molar-refractivity contribution in [3.05, 3.63) is 39.7 Å². The van der Waals surface area contributed by atoms with Crippen LogP contribution in [0.2, 0.25) is 5.02 Å². The average Bonchev–Trinajstić information content (AvgIpc) is 2.66. The van der Waals surface area contributed by atoms with E-state index in [4.69, 9.17) is 11.6 Å². The number of anilines is 2. The van der Waals surface area contributed by atoms with Crippen LogP contribution < -0.4 is 5.32 Å². The van der Waals surface area contributed by atoms with Crippen LogP contribution in [-0.4, -0.2) is 19.7 Å². The molecular formula is C9H8ClN5O2. The number of nitro groups is 1. The van der Waals surface area contributed by atoms with Crippen LogP contribution in [0.4, 0.5) is 17.3 Å². The molecule has 0 aromatic carbocycles. The van der Waals surface area contributed by atoms with Crippen LogP contribution in [-0.2, 0) is 7.05 Å². The second-order valence-corrected chi connectivity index (χ2v) is 3.71. The zero-order chi connectivity index (χ0) is 12.4. The highest BCUT2D eigenvalue weighted by Crippen LogP contribution is 2.26. The molecule has 0 aliphatic heterocycles. The fraction of sp³-hybridized carbons (Fsp3) is 0.111. The summed E-state index contributed by atoms with van der Waals surface area (Å²) < 4.78 is 1.57. The Balaban J connectivity index is 2.35. The molecule has 1 N–H and O–H groups in total. The first kappa shape index (κ1) is 11.3. The number of pyridine rings is 1. The lowest BCUT2D eigenvalue weighted by molar-refractivity contribution is -0.384. The van der Waals surface area contributed by atoms with Gasteiger partial charge in [-0.1, -0.05) is 11.6 Å². The summed E-state index contributed by atoms with van der Waals surface area (Å²) in [6.07, 6.45) is 3.05. The number of hydrogen-bond acceptors (Lipinski definition) is 5. The number of aryl methyl sites for hydroxylation is 1. The normalized spacial score (nSPS) is 10.2. The Morgan fingerprint density at radius 3 is 2.94 bits per heavy atom. The van der Waals surface area contributed by atoms with Gasteiger partial charge in [-0.2, -0.15) is 5.10 Å². The van der Waals surface area contributed by atoms with E-state index in [1.807, 2.05) is 0 Å². The Morgan fingerprint density at radius 2 is 2.35 bits per heavy atom. The average molecular weight is 254 g/mol. The van der Waals surface area contributed by atoms with Gasteiger partial charge in [0.1, 0.15) is 0 Å². The summed E-state index contributed by atoms with van der Waals surface area (Å²) in [6.45, 7) is 0. The van der Waals surface area contributed by atoms with Gasteiger partial charge in [-0.3, -0.25) is 14.8 Å². The van der Waals surface area contributed by atoms with Gasteiger partial charge < -0.3 is 5.32 Å². The van der Waals surface area contributed by atoms with Crippen LogP contribution in [0.1, 0.15) is 0 Å². The minimum atomic E-state index is -0.551. The quantitative estimate of drug-likeness (QED) is 0.669.